The molecular weight excluding hydrogens is 481 g/mol. The van der Waals surface area contributed by atoms with Crippen molar-refractivity contribution in [2.75, 3.05) is 7.11 Å². The summed E-state index contributed by atoms with van der Waals surface area (Å²) < 4.78 is 17.8. The Labute approximate surface area is 201 Å². The van der Waals surface area contributed by atoms with Gasteiger partial charge in [-0.05, 0) is 42.5 Å². The van der Waals surface area contributed by atoms with E-state index in [4.69, 9.17) is 37.1 Å². The molecule has 2 heterocycles. The van der Waals surface area contributed by atoms with Crippen molar-refractivity contribution in [3.05, 3.63) is 97.5 Å². The van der Waals surface area contributed by atoms with Crippen LogP contribution < -0.4 is 20.7 Å². The molecule has 1 N–H and O–H groups in total. The van der Waals surface area contributed by atoms with Crippen LogP contribution in [-0.4, -0.2) is 16.8 Å². The van der Waals surface area contributed by atoms with E-state index >= 15 is 0 Å². The van der Waals surface area contributed by atoms with E-state index in [0.717, 1.165) is 0 Å². The third-order valence-corrected chi connectivity index (χ3v) is 5.82. The van der Waals surface area contributed by atoms with Crippen LogP contribution in [0.2, 0.25) is 10.0 Å². The Hall–Kier alpha value is -3.94. The number of ether oxygens (including phenoxy) is 2. The molecule has 0 saturated heterocycles. The highest BCUT2D eigenvalue weighted by Gasteiger charge is 2.24. The van der Waals surface area contributed by atoms with Gasteiger partial charge in [0.05, 0.1) is 17.6 Å². The van der Waals surface area contributed by atoms with E-state index in [0.29, 0.717) is 27.4 Å². The monoisotopic (exact) mass is 495 g/mol. The van der Waals surface area contributed by atoms with Gasteiger partial charge in [0, 0.05) is 22.2 Å². The van der Waals surface area contributed by atoms with Crippen molar-refractivity contribution < 1.29 is 19.0 Å². The maximum atomic E-state index is 13.7. The number of benzene rings is 3. The van der Waals surface area contributed by atoms with Crippen molar-refractivity contribution in [3.8, 4) is 28.7 Å². The quantitative estimate of drug-likeness (QED) is 0.311. The predicted molar refractivity (Wildman–Crippen MR) is 130 cm³/mol. The lowest BCUT2D eigenvalue weighted by molar-refractivity contribution is 0.387. The number of halogens is 2. The Morgan fingerprint density at radius 1 is 0.971 bits per heavy atom. The molecule has 2 aromatic heterocycles. The van der Waals surface area contributed by atoms with E-state index in [1.165, 1.54) is 29.9 Å². The van der Waals surface area contributed by atoms with Crippen LogP contribution in [0.3, 0.4) is 0 Å². The highest BCUT2D eigenvalue weighted by molar-refractivity contribution is 6.35. The number of nitrogens with zero attached hydrogens (tertiary/aromatic N) is 1. The molecule has 0 aliphatic carbocycles. The van der Waals surface area contributed by atoms with E-state index < -0.39 is 22.7 Å². The van der Waals surface area contributed by atoms with Gasteiger partial charge in [-0.25, -0.2) is 4.79 Å². The van der Waals surface area contributed by atoms with Crippen LogP contribution in [0.5, 0.6) is 23.0 Å². The van der Waals surface area contributed by atoms with Crippen molar-refractivity contribution in [1.82, 2.24) is 4.57 Å². The smallest absolute Gasteiger partial charge is 0.383 e. The Morgan fingerprint density at radius 2 is 1.74 bits per heavy atom. The van der Waals surface area contributed by atoms with Crippen LogP contribution in [0.15, 0.2) is 80.7 Å². The summed E-state index contributed by atoms with van der Waals surface area (Å²) in [5, 5.41) is 11.7. The molecule has 0 fully saturated rings. The molecule has 0 aliphatic rings. The average Bonchev–Trinajstić information content (AvgIpc) is 2.83. The normalized spacial score (nSPS) is 11.1. The van der Waals surface area contributed by atoms with Gasteiger partial charge in [0.1, 0.15) is 16.9 Å². The van der Waals surface area contributed by atoms with E-state index in [-0.39, 0.29) is 21.7 Å². The second-order valence-corrected chi connectivity index (χ2v) is 8.15. The fraction of sp³-hybridized carbons (Fsp3) is 0.0400. The number of para-hydroxylation sites is 1. The van der Waals surface area contributed by atoms with Gasteiger partial charge in [-0.2, -0.15) is 0 Å². The second kappa shape index (κ2) is 8.44. The van der Waals surface area contributed by atoms with Gasteiger partial charge in [0.25, 0.3) is 11.3 Å². The SMILES string of the molecule is COc1ccc2c3oc(=O)c(Oc4ccc(Cl)cc4Cl)c(O)c3c(=O)n(-c3ccccc3)c2c1. The number of hydrogen-bond acceptors (Lipinski definition) is 6. The number of aromatic hydroxyl groups is 1. The fourth-order valence-corrected chi connectivity index (χ4v) is 4.17. The first kappa shape index (κ1) is 21.9. The summed E-state index contributed by atoms with van der Waals surface area (Å²) in [5.74, 6) is -0.673. The molecule has 3 aromatic carbocycles. The van der Waals surface area contributed by atoms with Gasteiger partial charge < -0.3 is 19.0 Å². The van der Waals surface area contributed by atoms with Crippen LogP contribution in [0, 0.1) is 0 Å². The van der Waals surface area contributed by atoms with Gasteiger partial charge in [0.15, 0.2) is 11.3 Å². The molecule has 0 bridgehead atoms. The molecule has 34 heavy (non-hydrogen) atoms. The Morgan fingerprint density at radius 3 is 2.44 bits per heavy atom. The fourth-order valence-electron chi connectivity index (χ4n) is 3.72. The molecule has 0 unspecified atom stereocenters. The molecule has 5 aromatic rings. The molecule has 0 saturated carbocycles. The predicted octanol–water partition coefficient (Wildman–Crippen LogP) is 5.91. The van der Waals surface area contributed by atoms with Gasteiger partial charge in [-0.3, -0.25) is 9.36 Å². The number of hydrogen-bond donors (Lipinski definition) is 1. The van der Waals surface area contributed by atoms with Crippen molar-refractivity contribution in [3.63, 3.8) is 0 Å². The summed E-state index contributed by atoms with van der Waals surface area (Å²) in [6, 6.07) is 18.2. The molecule has 0 radical (unpaired) electrons. The molecule has 0 amide bonds. The molecule has 9 heteroatoms. The largest absolute Gasteiger partial charge is 0.503 e. The second-order valence-electron chi connectivity index (χ2n) is 7.31. The lowest BCUT2D eigenvalue weighted by Gasteiger charge is -2.15. The minimum Gasteiger partial charge on any atom is -0.503 e. The van der Waals surface area contributed by atoms with Gasteiger partial charge in [-0.1, -0.05) is 41.4 Å². The molecule has 170 valence electrons. The number of aromatic nitrogens is 1. The molecular formula is C25H15Cl2NO6. The molecule has 7 nitrogen and oxygen atoms in total. The van der Waals surface area contributed by atoms with Crippen LogP contribution in [0.25, 0.3) is 27.6 Å². The first-order valence-corrected chi connectivity index (χ1v) is 10.8. The summed E-state index contributed by atoms with van der Waals surface area (Å²) in [6.07, 6.45) is 0. The zero-order valence-electron chi connectivity index (χ0n) is 17.5. The zero-order chi connectivity index (χ0) is 24.0. The van der Waals surface area contributed by atoms with Gasteiger partial charge in [-0.15, -0.1) is 0 Å². The van der Waals surface area contributed by atoms with Crippen molar-refractivity contribution >= 4 is 45.1 Å². The number of rotatable bonds is 4. The molecule has 5 rings (SSSR count). The summed E-state index contributed by atoms with van der Waals surface area (Å²) in [4.78, 5) is 26.5. The summed E-state index contributed by atoms with van der Waals surface area (Å²) in [5.41, 5.74) is -0.700. The van der Waals surface area contributed by atoms with Crippen molar-refractivity contribution in [2.45, 2.75) is 0 Å². The molecule has 0 aliphatic heterocycles. The third-order valence-electron chi connectivity index (χ3n) is 5.29. The highest BCUT2D eigenvalue weighted by atomic mass is 35.5. The first-order chi connectivity index (χ1) is 16.4. The lowest BCUT2D eigenvalue weighted by Crippen LogP contribution is -2.20. The molecule has 0 spiro atoms. The Kier molecular flexibility index (Phi) is 5.43. The van der Waals surface area contributed by atoms with Crippen molar-refractivity contribution in [1.29, 1.82) is 0 Å². The standard InChI is InChI=1S/C25H15Cl2NO6/c1-32-15-8-9-16-18(12-15)28(14-5-3-2-4-6-14)24(30)20-21(29)23(25(31)34-22(16)20)33-19-10-7-13(26)11-17(19)27/h2-12,29H,1H3. The van der Waals surface area contributed by atoms with E-state index in [2.05, 4.69) is 0 Å². The Balaban J connectivity index is 1.87. The minimum absolute atomic E-state index is 0.0573. The zero-order valence-corrected chi connectivity index (χ0v) is 19.1. The number of fused-ring (bicyclic) bond motifs is 3. The summed E-state index contributed by atoms with van der Waals surface area (Å²) in [7, 11) is 1.50. The third kappa shape index (κ3) is 3.55. The highest BCUT2D eigenvalue weighted by Crippen LogP contribution is 2.38. The van der Waals surface area contributed by atoms with Crippen LogP contribution in [0.1, 0.15) is 0 Å². The van der Waals surface area contributed by atoms with Gasteiger partial charge in [0.2, 0.25) is 0 Å². The van der Waals surface area contributed by atoms with E-state index in [1.54, 1.807) is 42.5 Å². The minimum atomic E-state index is -0.981. The Bertz CT molecular complexity index is 1690. The maximum absolute atomic E-state index is 13.7. The summed E-state index contributed by atoms with van der Waals surface area (Å²) in [6.45, 7) is 0. The van der Waals surface area contributed by atoms with Crippen LogP contribution >= 0.6 is 23.2 Å². The van der Waals surface area contributed by atoms with E-state index in [9.17, 15) is 14.7 Å². The first-order valence-electron chi connectivity index (χ1n) is 10.00. The van der Waals surface area contributed by atoms with E-state index in [1.807, 2.05) is 6.07 Å². The summed E-state index contributed by atoms with van der Waals surface area (Å²) >= 11 is 12.1. The van der Waals surface area contributed by atoms with Gasteiger partial charge >= 0.3 is 5.63 Å². The van der Waals surface area contributed by atoms with Crippen molar-refractivity contribution in [2.24, 2.45) is 0 Å². The lowest BCUT2D eigenvalue weighted by atomic mass is 10.1. The number of pyridine rings is 1. The van der Waals surface area contributed by atoms with Crippen LogP contribution in [-0.2, 0) is 0 Å². The molecule has 0 atom stereocenters. The van der Waals surface area contributed by atoms with Crippen LogP contribution in [0.4, 0.5) is 0 Å². The average molecular weight is 496 g/mol. The maximum Gasteiger partial charge on any atom is 0.383 e. The number of methoxy groups -OCH3 is 1. The topological polar surface area (TPSA) is 90.9 Å².